The molecule has 3 aliphatic rings. The van der Waals surface area contributed by atoms with Gasteiger partial charge in [0, 0.05) is 25.0 Å². The van der Waals surface area contributed by atoms with Gasteiger partial charge in [-0.1, -0.05) is 0 Å². The van der Waals surface area contributed by atoms with Crippen molar-refractivity contribution in [1.82, 2.24) is 9.62 Å². The van der Waals surface area contributed by atoms with Crippen molar-refractivity contribution in [2.75, 3.05) is 18.8 Å². The second-order valence-corrected chi connectivity index (χ2v) is 9.55. The monoisotopic (exact) mass is 355 g/mol. The highest BCUT2D eigenvalue weighted by molar-refractivity contribution is 7.89. The van der Waals surface area contributed by atoms with E-state index < -0.39 is 16.0 Å². The van der Waals surface area contributed by atoms with Crippen molar-refractivity contribution in [3.63, 3.8) is 0 Å². The molecule has 0 aromatic heterocycles. The molecule has 3 saturated carbocycles. The van der Waals surface area contributed by atoms with Crippen molar-refractivity contribution in [3.05, 3.63) is 0 Å². The second kappa shape index (κ2) is 6.62. The molecular weight excluding hydrogens is 330 g/mol. The van der Waals surface area contributed by atoms with Crippen molar-refractivity contribution < 1.29 is 18.3 Å². The molecule has 3 fully saturated rings. The minimum absolute atomic E-state index is 0.0336. The Morgan fingerprint density at radius 3 is 2.50 bits per heavy atom. The predicted molar refractivity (Wildman–Crippen MR) is 87.6 cm³/mol. The smallest absolute Gasteiger partial charge is 0.317 e. The zero-order valence-electron chi connectivity index (χ0n) is 13.8. The van der Waals surface area contributed by atoms with Crippen LogP contribution in [0.1, 0.15) is 44.9 Å². The number of aliphatic carboxylic acids is 1. The van der Waals surface area contributed by atoms with Crippen LogP contribution in [-0.4, -0.2) is 55.3 Å². The van der Waals surface area contributed by atoms with Crippen LogP contribution in [0.15, 0.2) is 0 Å². The van der Waals surface area contributed by atoms with Crippen LogP contribution in [-0.2, 0) is 14.8 Å². The van der Waals surface area contributed by atoms with Gasteiger partial charge >= 0.3 is 5.97 Å². The Morgan fingerprint density at radius 1 is 1.33 bits per heavy atom. The summed E-state index contributed by atoms with van der Waals surface area (Å²) in [4.78, 5) is 13.0. The van der Waals surface area contributed by atoms with Crippen LogP contribution >= 0.6 is 0 Å². The van der Waals surface area contributed by atoms with E-state index in [1.54, 1.807) is 0 Å². The summed E-state index contributed by atoms with van der Waals surface area (Å²) in [6.45, 7) is 0.841. The maximum atomic E-state index is 12.3. The Balaban J connectivity index is 1.46. The average Bonchev–Trinajstić information content (AvgIpc) is 3.31. The standard InChI is InChI=1S/C16H25N3O4S/c17-6-5-16(3-4-16)11-24(22,23)18-13-7-14(8-13)19(10-15(20)21)9-12-1-2-12/h12-14,18H,1-5,7-11H2,(H,20,21). The molecule has 2 N–H and O–H groups in total. The fourth-order valence-corrected chi connectivity index (χ4v) is 5.53. The fourth-order valence-electron chi connectivity index (χ4n) is 3.55. The number of nitrogens with one attached hydrogen (secondary N) is 1. The minimum atomic E-state index is -3.38. The van der Waals surface area contributed by atoms with Gasteiger partial charge in [-0.05, 0) is 49.9 Å². The molecule has 0 radical (unpaired) electrons. The molecule has 8 heteroatoms. The van der Waals surface area contributed by atoms with Gasteiger partial charge in [-0.25, -0.2) is 13.1 Å². The molecule has 0 spiro atoms. The Kier molecular flexibility index (Phi) is 4.87. The van der Waals surface area contributed by atoms with E-state index in [1.165, 1.54) is 12.8 Å². The largest absolute Gasteiger partial charge is 0.480 e. The number of nitriles is 1. The lowest BCUT2D eigenvalue weighted by atomic mass is 9.86. The van der Waals surface area contributed by atoms with Gasteiger partial charge in [0.15, 0.2) is 0 Å². The van der Waals surface area contributed by atoms with E-state index in [0.29, 0.717) is 25.2 Å². The maximum Gasteiger partial charge on any atom is 0.317 e. The minimum Gasteiger partial charge on any atom is -0.480 e. The zero-order chi connectivity index (χ0) is 17.4. The molecule has 0 bridgehead atoms. The lowest BCUT2D eigenvalue weighted by molar-refractivity contribution is -0.139. The lowest BCUT2D eigenvalue weighted by Gasteiger charge is -2.42. The first kappa shape index (κ1) is 17.6. The first-order chi connectivity index (χ1) is 11.3. The van der Waals surface area contributed by atoms with E-state index in [0.717, 1.165) is 19.4 Å². The third-order valence-corrected chi connectivity index (χ3v) is 7.10. The van der Waals surface area contributed by atoms with Crippen molar-refractivity contribution in [3.8, 4) is 6.07 Å². The Bertz CT molecular complexity index is 628. The van der Waals surface area contributed by atoms with Gasteiger partial charge in [-0.15, -0.1) is 0 Å². The molecule has 3 rings (SSSR count). The van der Waals surface area contributed by atoms with E-state index in [4.69, 9.17) is 10.4 Å². The van der Waals surface area contributed by atoms with Crippen LogP contribution in [0.25, 0.3) is 0 Å². The number of carboxylic acids is 1. The summed E-state index contributed by atoms with van der Waals surface area (Å²) in [5, 5.41) is 17.8. The molecule has 0 saturated heterocycles. The van der Waals surface area contributed by atoms with Gasteiger partial charge in [0.1, 0.15) is 0 Å². The SMILES string of the molecule is N#CCC1(CS(=O)(=O)NC2CC(N(CC(=O)O)CC3CC3)C2)CC1. The number of rotatable bonds is 10. The summed E-state index contributed by atoms with van der Waals surface area (Å²) >= 11 is 0. The van der Waals surface area contributed by atoms with Crippen molar-refractivity contribution in [1.29, 1.82) is 5.26 Å². The second-order valence-electron chi connectivity index (χ2n) is 7.80. The van der Waals surface area contributed by atoms with Gasteiger partial charge in [0.25, 0.3) is 0 Å². The topological polar surface area (TPSA) is 110 Å². The van der Waals surface area contributed by atoms with Crippen LogP contribution < -0.4 is 4.72 Å². The maximum absolute atomic E-state index is 12.3. The third kappa shape index (κ3) is 4.68. The fraction of sp³-hybridized carbons (Fsp3) is 0.875. The first-order valence-corrected chi connectivity index (χ1v) is 10.3. The van der Waals surface area contributed by atoms with E-state index >= 15 is 0 Å². The number of nitrogens with zero attached hydrogens (tertiary/aromatic N) is 2. The van der Waals surface area contributed by atoms with Gasteiger partial charge in [-0.2, -0.15) is 5.26 Å². The molecule has 7 nitrogen and oxygen atoms in total. The van der Waals surface area contributed by atoms with Crippen LogP contribution in [0.2, 0.25) is 0 Å². The van der Waals surface area contributed by atoms with E-state index in [-0.39, 0.29) is 29.8 Å². The summed E-state index contributed by atoms with van der Waals surface area (Å²) in [6, 6.07) is 2.14. The van der Waals surface area contributed by atoms with Crippen LogP contribution in [0, 0.1) is 22.7 Å². The van der Waals surface area contributed by atoms with Gasteiger partial charge in [0.05, 0.1) is 18.4 Å². The number of carboxylic acid groups (broad SMARTS) is 1. The Hall–Kier alpha value is -1.17. The number of hydrogen-bond donors (Lipinski definition) is 2. The molecule has 0 aromatic rings. The molecule has 134 valence electrons. The van der Waals surface area contributed by atoms with Gasteiger partial charge in [-0.3, -0.25) is 9.69 Å². The summed E-state index contributed by atoms with van der Waals surface area (Å²) < 4.78 is 27.3. The summed E-state index contributed by atoms with van der Waals surface area (Å²) in [5.41, 5.74) is -0.328. The molecule has 0 heterocycles. The lowest BCUT2D eigenvalue weighted by Crippen LogP contribution is -2.55. The van der Waals surface area contributed by atoms with Crippen LogP contribution in [0.3, 0.4) is 0 Å². The quantitative estimate of drug-likeness (QED) is 0.603. The zero-order valence-corrected chi connectivity index (χ0v) is 14.6. The van der Waals surface area contributed by atoms with Crippen molar-refractivity contribution in [2.45, 2.75) is 57.0 Å². The predicted octanol–water partition coefficient (Wildman–Crippen LogP) is 0.927. The molecule has 0 atom stereocenters. The van der Waals surface area contributed by atoms with Gasteiger partial charge < -0.3 is 5.11 Å². The molecule has 24 heavy (non-hydrogen) atoms. The Labute approximate surface area is 143 Å². The molecule has 0 aliphatic heterocycles. The third-order valence-electron chi connectivity index (χ3n) is 5.41. The number of carbonyl (C=O) groups is 1. The van der Waals surface area contributed by atoms with E-state index in [1.807, 2.05) is 4.90 Å². The summed E-state index contributed by atoms with van der Waals surface area (Å²) in [6.07, 6.45) is 5.59. The molecular formula is C16H25N3O4S. The molecule has 0 unspecified atom stereocenters. The molecule has 0 aromatic carbocycles. The molecule has 0 amide bonds. The highest BCUT2D eigenvalue weighted by Crippen LogP contribution is 2.49. The van der Waals surface area contributed by atoms with Crippen molar-refractivity contribution in [2.24, 2.45) is 11.3 Å². The van der Waals surface area contributed by atoms with Crippen molar-refractivity contribution >= 4 is 16.0 Å². The number of sulfonamides is 1. The van der Waals surface area contributed by atoms with E-state index in [2.05, 4.69) is 10.8 Å². The normalized spacial score (nSPS) is 28.2. The first-order valence-electron chi connectivity index (χ1n) is 8.64. The average molecular weight is 355 g/mol. The highest BCUT2D eigenvalue weighted by atomic mass is 32.2. The highest BCUT2D eigenvalue weighted by Gasteiger charge is 2.47. The van der Waals surface area contributed by atoms with Crippen LogP contribution in [0.5, 0.6) is 0 Å². The van der Waals surface area contributed by atoms with Gasteiger partial charge in [0.2, 0.25) is 10.0 Å². The summed E-state index contributed by atoms with van der Waals surface area (Å²) in [7, 11) is -3.38. The van der Waals surface area contributed by atoms with E-state index in [9.17, 15) is 13.2 Å². The summed E-state index contributed by atoms with van der Waals surface area (Å²) in [5.74, 6) is -0.178. The Morgan fingerprint density at radius 2 is 2.00 bits per heavy atom. The number of hydrogen-bond acceptors (Lipinski definition) is 5. The molecule has 3 aliphatic carbocycles. The van der Waals surface area contributed by atoms with Crippen LogP contribution in [0.4, 0.5) is 0 Å².